The molecule has 0 unspecified atom stereocenters. The Morgan fingerprint density at radius 2 is 2.67 bits per heavy atom. The Morgan fingerprint density at radius 3 is 3.11 bits per heavy atom. The Bertz CT molecular complexity index is 222. The molecule has 48 valence electrons. The van der Waals surface area contributed by atoms with Crippen molar-refractivity contribution < 1.29 is 5.21 Å². The molecule has 0 aromatic carbocycles. The lowest BCUT2D eigenvalue weighted by molar-refractivity contribution is 0.321. The average molecular weight is 207 g/mol. The summed E-state index contributed by atoms with van der Waals surface area (Å²) in [6.07, 6.45) is 1.28. The minimum Gasteiger partial charge on any atom is -0.411 e. The minimum atomic E-state index is 0.661. The highest BCUT2D eigenvalue weighted by Crippen LogP contribution is 2.14. The maximum absolute atomic E-state index is 8.05. The van der Waals surface area contributed by atoms with Gasteiger partial charge >= 0.3 is 0 Å². The van der Waals surface area contributed by atoms with E-state index in [2.05, 4.69) is 26.1 Å². The van der Waals surface area contributed by atoms with Gasteiger partial charge in [-0.1, -0.05) is 5.16 Å². The summed E-state index contributed by atoms with van der Waals surface area (Å²) in [6, 6.07) is 0. The molecule has 9 heavy (non-hydrogen) atoms. The van der Waals surface area contributed by atoms with Crippen LogP contribution in [0, 0.1) is 0 Å². The van der Waals surface area contributed by atoms with Crippen molar-refractivity contribution in [2.45, 2.75) is 0 Å². The second-order valence-corrected chi connectivity index (χ2v) is 3.40. The van der Waals surface area contributed by atoms with Crippen LogP contribution in [0.15, 0.2) is 14.5 Å². The molecule has 0 aliphatic carbocycles. The van der Waals surface area contributed by atoms with Gasteiger partial charge in [0.15, 0.2) is 3.92 Å². The van der Waals surface area contributed by atoms with Crippen molar-refractivity contribution in [1.29, 1.82) is 0 Å². The maximum Gasteiger partial charge on any atom is 0.159 e. The van der Waals surface area contributed by atoms with E-state index in [1.807, 2.05) is 0 Å². The Morgan fingerprint density at radius 1 is 1.89 bits per heavy atom. The monoisotopic (exact) mass is 206 g/mol. The van der Waals surface area contributed by atoms with Gasteiger partial charge in [-0.2, -0.15) is 0 Å². The summed E-state index contributed by atoms with van der Waals surface area (Å²) in [6.45, 7) is 0. The van der Waals surface area contributed by atoms with Crippen LogP contribution >= 0.6 is 27.3 Å². The van der Waals surface area contributed by atoms with Gasteiger partial charge in [-0.3, -0.25) is 0 Å². The highest BCUT2D eigenvalue weighted by molar-refractivity contribution is 9.11. The Balaban J connectivity index is 2.85. The van der Waals surface area contributed by atoms with Crippen LogP contribution in [0.25, 0.3) is 0 Å². The van der Waals surface area contributed by atoms with Crippen LogP contribution in [0.3, 0.4) is 0 Å². The summed E-state index contributed by atoms with van der Waals surface area (Å²) in [5.41, 5.74) is 0.661. The van der Waals surface area contributed by atoms with Gasteiger partial charge < -0.3 is 5.21 Å². The van der Waals surface area contributed by atoms with E-state index in [9.17, 15) is 0 Å². The molecule has 5 heteroatoms. The summed E-state index contributed by atoms with van der Waals surface area (Å²) in [5, 5.41) is 12.6. The first kappa shape index (κ1) is 6.70. The molecule has 0 saturated carbocycles. The van der Waals surface area contributed by atoms with E-state index < -0.39 is 0 Å². The standard InChI is InChI=1S/C4H3BrN2OS/c5-4-7-3(1-6-8)2-9-4/h1-2,8H. The van der Waals surface area contributed by atoms with E-state index in [1.54, 1.807) is 5.38 Å². The second-order valence-electron chi connectivity index (χ2n) is 1.27. The van der Waals surface area contributed by atoms with Gasteiger partial charge in [0.2, 0.25) is 0 Å². The topological polar surface area (TPSA) is 45.5 Å². The third kappa shape index (κ3) is 1.76. The summed E-state index contributed by atoms with van der Waals surface area (Å²) in [4.78, 5) is 3.93. The van der Waals surface area contributed by atoms with E-state index in [-0.39, 0.29) is 0 Å². The van der Waals surface area contributed by atoms with Crippen molar-refractivity contribution in [2.75, 3.05) is 0 Å². The molecule has 0 amide bonds. The predicted octanol–water partition coefficient (Wildman–Crippen LogP) is 1.71. The number of hydrogen-bond acceptors (Lipinski definition) is 4. The molecule has 1 heterocycles. The van der Waals surface area contributed by atoms with Gasteiger partial charge in [0.25, 0.3) is 0 Å². The molecule has 3 nitrogen and oxygen atoms in total. The molecule has 1 aromatic heterocycles. The first-order valence-electron chi connectivity index (χ1n) is 2.11. The van der Waals surface area contributed by atoms with Gasteiger partial charge in [-0.05, 0) is 15.9 Å². The summed E-state index contributed by atoms with van der Waals surface area (Å²) < 4.78 is 0.789. The smallest absolute Gasteiger partial charge is 0.159 e. The number of aromatic nitrogens is 1. The number of rotatable bonds is 1. The predicted molar refractivity (Wildman–Crippen MR) is 39.2 cm³/mol. The molecule has 0 aliphatic heterocycles. The first-order valence-corrected chi connectivity index (χ1v) is 3.78. The van der Waals surface area contributed by atoms with Gasteiger partial charge in [0.1, 0.15) is 0 Å². The fourth-order valence-corrected chi connectivity index (χ4v) is 1.36. The highest BCUT2D eigenvalue weighted by Gasteiger charge is 1.92. The number of oxime groups is 1. The third-order valence-electron chi connectivity index (χ3n) is 0.684. The van der Waals surface area contributed by atoms with Crippen molar-refractivity contribution in [2.24, 2.45) is 5.16 Å². The van der Waals surface area contributed by atoms with Crippen molar-refractivity contribution in [3.05, 3.63) is 15.0 Å². The van der Waals surface area contributed by atoms with E-state index in [1.165, 1.54) is 17.6 Å². The molecular formula is C4H3BrN2OS. The molecular weight excluding hydrogens is 204 g/mol. The zero-order valence-corrected chi connectivity index (χ0v) is 6.69. The lowest BCUT2D eigenvalue weighted by Gasteiger charge is -1.74. The quantitative estimate of drug-likeness (QED) is 0.432. The number of thiazole rings is 1. The van der Waals surface area contributed by atoms with E-state index >= 15 is 0 Å². The molecule has 0 aliphatic rings. The zero-order valence-electron chi connectivity index (χ0n) is 4.28. The average Bonchev–Trinajstić information content (AvgIpc) is 2.17. The number of nitrogens with zero attached hydrogens (tertiary/aromatic N) is 2. The molecule has 0 fully saturated rings. The second kappa shape index (κ2) is 2.93. The molecule has 0 saturated heterocycles. The van der Waals surface area contributed by atoms with Crippen LogP contribution in [0.2, 0.25) is 0 Å². The largest absolute Gasteiger partial charge is 0.411 e. The Labute approximate surface area is 64.2 Å². The fraction of sp³-hybridized carbons (Fsp3) is 0. The van der Waals surface area contributed by atoms with E-state index in [0.29, 0.717) is 5.69 Å². The van der Waals surface area contributed by atoms with Crippen molar-refractivity contribution in [3.63, 3.8) is 0 Å². The summed E-state index contributed by atoms with van der Waals surface area (Å²) in [7, 11) is 0. The molecule has 0 atom stereocenters. The van der Waals surface area contributed by atoms with Crippen LogP contribution < -0.4 is 0 Å². The van der Waals surface area contributed by atoms with Crippen LogP contribution in [0.5, 0.6) is 0 Å². The highest BCUT2D eigenvalue weighted by atomic mass is 79.9. The maximum atomic E-state index is 8.05. The molecule has 0 spiro atoms. The van der Waals surface area contributed by atoms with Crippen LogP contribution in [-0.4, -0.2) is 16.4 Å². The van der Waals surface area contributed by atoms with Crippen LogP contribution in [0.4, 0.5) is 0 Å². The molecule has 1 N–H and O–H groups in total. The number of hydrogen-bond donors (Lipinski definition) is 1. The Kier molecular flexibility index (Phi) is 2.18. The summed E-state index contributed by atoms with van der Waals surface area (Å²) in [5.74, 6) is 0. The van der Waals surface area contributed by atoms with Crippen molar-refractivity contribution in [1.82, 2.24) is 4.98 Å². The Hall–Kier alpha value is -0.420. The van der Waals surface area contributed by atoms with Gasteiger partial charge in [-0.25, -0.2) is 4.98 Å². The normalized spacial score (nSPS) is 10.8. The van der Waals surface area contributed by atoms with Crippen molar-refractivity contribution >= 4 is 33.5 Å². The van der Waals surface area contributed by atoms with E-state index in [0.717, 1.165) is 3.92 Å². The van der Waals surface area contributed by atoms with Gasteiger partial charge in [0, 0.05) is 5.38 Å². The summed E-state index contributed by atoms with van der Waals surface area (Å²) >= 11 is 4.61. The first-order chi connectivity index (χ1) is 4.33. The van der Waals surface area contributed by atoms with Crippen molar-refractivity contribution in [3.8, 4) is 0 Å². The van der Waals surface area contributed by atoms with Gasteiger partial charge in [-0.15, -0.1) is 11.3 Å². The van der Waals surface area contributed by atoms with Gasteiger partial charge in [0.05, 0.1) is 11.9 Å². The lowest BCUT2D eigenvalue weighted by Crippen LogP contribution is -1.77. The lowest BCUT2D eigenvalue weighted by atomic mass is 10.6. The van der Waals surface area contributed by atoms with E-state index in [4.69, 9.17) is 5.21 Å². The molecule has 1 aromatic rings. The number of halogens is 1. The minimum absolute atomic E-state index is 0.661. The molecule has 0 radical (unpaired) electrons. The van der Waals surface area contributed by atoms with Crippen LogP contribution in [0.1, 0.15) is 5.69 Å². The molecule has 1 rings (SSSR count). The SMILES string of the molecule is ON=Cc1csc(Br)n1. The zero-order chi connectivity index (χ0) is 6.69. The third-order valence-corrected chi connectivity index (χ3v) is 2.07. The fourth-order valence-electron chi connectivity index (χ4n) is 0.382. The molecule has 0 bridgehead atoms. The van der Waals surface area contributed by atoms with Crippen LogP contribution in [-0.2, 0) is 0 Å².